The third-order valence-corrected chi connectivity index (χ3v) is 9.47. The van der Waals surface area contributed by atoms with Crippen LogP contribution in [0.3, 0.4) is 0 Å². The first-order valence-corrected chi connectivity index (χ1v) is 13.3. The molecule has 0 aromatic heterocycles. The molecule has 4 rings (SSSR count). The van der Waals surface area contributed by atoms with Crippen LogP contribution in [0.4, 0.5) is 0 Å². The zero-order chi connectivity index (χ0) is 28.4. The minimum Gasteiger partial charge on any atom is -0.468 e. The van der Waals surface area contributed by atoms with Crippen LogP contribution in [0.1, 0.15) is 44.6 Å². The fourth-order valence-corrected chi connectivity index (χ4v) is 7.41. The third kappa shape index (κ3) is 4.75. The van der Waals surface area contributed by atoms with Gasteiger partial charge in [-0.2, -0.15) is 0 Å². The van der Waals surface area contributed by atoms with Gasteiger partial charge in [-0.3, -0.25) is 19.2 Å². The molecule has 0 radical (unpaired) electrons. The van der Waals surface area contributed by atoms with E-state index >= 15 is 0 Å². The highest BCUT2D eigenvalue weighted by molar-refractivity contribution is 6.01. The van der Waals surface area contributed by atoms with Gasteiger partial charge in [-0.05, 0) is 54.4 Å². The zero-order valence-corrected chi connectivity index (χ0v) is 23.3. The number of methoxy groups -OCH3 is 4. The van der Waals surface area contributed by atoms with E-state index in [-0.39, 0.29) is 48.9 Å². The summed E-state index contributed by atoms with van der Waals surface area (Å²) in [7, 11) is 5.10. The van der Waals surface area contributed by atoms with E-state index in [1.54, 1.807) is 0 Å². The lowest BCUT2D eigenvalue weighted by Crippen LogP contribution is -2.60. The van der Waals surface area contributed by atoms with Crippen molar-refractivity contribution in [3.05, 3.63) is 48.0 Å². The van der Waals surface area contributed by atoms with Crippen LogP contribution in [0, 0.1) is 34.0 Å². The summed E-state index contributed by atoms with van der Waals surface area (Å²) in [6, 6.07) is 9.70. The molecule has 2 fully saturated rings. The lowest BCUT2D eigenvalue weighted by molar-refractivity contribution is -0.196. The highest BCUT2D eigenvalue weighted by Crippen LogP contribution is 2.63. The fourth-order valence-electron chi connectivity index (χ4n) is 7.41. The summed E-state index contributed by atoms with van der Waals surface area (Å²) in [4.78, 5) is 52.1. The molecule has 0 unspecified atom stereocenters. The Kier molecular flexibility index (Phi) is 8.21. The van der Waals surface area contributed by atoms with E-state index in [0.29, 0.717) is 13.0 Å². The number of rotatable bonds is 7. The number of esters is 4. The minimum absolute atomic E-state index is 0.0908. The molecule has 0 N–H and O–H groups in total. The Morgan fingerprint density at radius 3 is 1.87 bits per heavy atom. The van der Waals surface area contributed by atoms with Crippen LogP contribution in [-0.4, -0.2) is 58.4 Å². The SMILES string of the molecule is COC(=O)C1(C(=O)OC)C[C@H](OCc2ccccc2)[C@@H]2[C@@H](C=C[C@H]3CC(C(=O)OC)(C(=O)OC)CC[C@]23C)C1. The number of allylic oxidation sites excluding steroid dienone is 2. The van der Waals surface area contributed by atoms with Crippen molar-refractivity contribution in [1.82, 2.24) is 0 Å². The molecule has 0 amide bonds. The molecule has 0 bridgehead atoms. The number of fused-ring (bicyclic) bond motifs is 3. The lowest BCUT2D eigenvalue weighted by atomic mass is 9.46. The summed E-state index contributed by atoms with van der Waals surface area (Å²) < 4.78 is 26.9. The van der Waals surface area contributed by atoms with Crippen molar-refractivity contribution in [3.63, 3.8) is 0 Å². The van der Waals surface area contributed by atoms with Gasteiger partial charge in [-0.25, -0.2) is 0 Å². The molecule has 212 valence electrons. The van der Waals surface area contributed by atoms with Crippen LogP contribution in [0.5, 0.6) is 0 Å². The normalized spacial score (nSPS) is 30.2. The molecule has 0 spiro atoms. The second-order valence-corrected chi connectivity index (χ2v) is 11.3. The molecular formula is C30H38O9. The van der Waals surface area contributed by atoms with Gasteiger partial charge >= 0.3 is 23.9 Å². The predicted octanol–water partition coefficient (Wildman–Crippen LogP) is 3.64. The Balaban J connectivity index is 1.75. The van der Waals surface area contributed by atoms with Gasteiger partial charge in [0.15, 0.2) is 10.8 Å². The predicted molar refractivity (Wildman–Crippen MR) is 139 cm³/mol. The Morgan fingerprint density at radius 1 is 0.744 bits per heavy atom. The van der Waals surface area contributed by atoms with Crippen molar-refractivity contribution < 1.29 is 42.9 Å². The van der Waals surface area contributed by atoms with Gasteiger partial charge in [0.05, 0.1) is 41.2 Å². The summed E-state index contributed by atoms with van der Waals surface area (Å²) in [5, 5.41) is 0. The second kappa shape index (κ2) is 11.1. The van der Waals surface area contributed by atoms with Crippen molar-refractivity contribution in [3.8, 4) is 0 Å². The minimum atomic E-state index is -1.50. The van der Waals surface area contributed by atoms with Crippen molar-refractivity contribution in [2.75, 3.05) is 28.4 Å². The topological polar surface area (TPSA) is 114 Å². The van der Waals surface area contributed by atoms with Gasteiger partial charge in [-0.1, -0.05) is 49.4 Å². The van der Waals surface area contributed by atoms with E-state index in [9.17, 15) is 19.2 Å². The van der Waals surface area contributed by atoms with Crippen LogP contribution < -0.4 is 0 Å². The number of hydrogen-bond acceptors (Lipinski definition) is 9. The Hall–Kier alpha value is -3.20. The summed E-state index contributed by atoms with van der Waals surface area (Å²) in [6.07, 6.45) is 4.88. The smallest absolute Gasteiger partial charge is 0.323 e. The van der Waals surface area contributed by atoms with Crippen LogP contribution in [-0.2, 0) is 49.5 Å². The van der Waals surface area contributed by atoms with Gasteiger partial charge in [0.25, 0.3) is 0 Å². The second-order valence-electron chi connectivity index (χ2n) is 11.3. The number of carbonyl (C=O) groups is 4. The zero-order valence-electron chi connectivity index (χ0n) is 23.3. The van der Waals surface area contributed by atoms with Crippen LogP contribution in [0.2, 0.25) is 0 Å². The quantitative estimate of drug-likeness (QED) is 0.220. The molecule has 9 heteroatoms. The molecule has 1 aromatic carbocycles. The number of ether oxygens (including phenoxy) is 5. The first-order valence-electron chi connectivity index (χ1n) is 13.3. The first kappa shape index (κ1) is 28.8. The molecule has 2 saturated carbocycles. The van der Waals surface area contributed by atoms with Crippen molar-refractivity contribution in [1.29, 1.82) is 0 Å². The monoisotopic (exact) mass is 542 g/mol. The fraction of sp³-hybridized carbons (Fsp3) is 0.600. The summed E-state index contributed by atoms with van der Waals surface area (Å²) >= 11 is 0. The van der Waals surface area contributed by atoms with Gasteiger partial charge < -0.3 is 23.7 Å². The van der Waals surface area contributed by atoms with Gasteiger partial charge in [-0.15, -0.1) is 0 Å². The molecule has 0 aliphatic heterocycles. The number of carbonyl (C=O) groups excluding carboxylic acids is 4. The van der Waals surface area contributed by atoms with Gasteiger partial charge in [0.1, 0.15) is 0 Å². The molecule has 3 aliphatic rings. The average molecular weight is 543 g/mol. The Labute approximate surface area is 229 Å². The highest BCUT2D eigenvalue weighted by Gasteiger charge is 2.65. The van der Waals surface area contributed by atoms with E-state index in [2.05, 4.69) is 6.92 Å². The van der Waals surface area contributed by atoms with Crippen molar-refractivity contribution in [2.24, 2.45) is 34.0 Å². The third-order valence-electron chi connectivity index (χ3n) is 9.47. The van der Waals surface area contributed by atoms with Crippen LogP contribution in [0.15, 0.2) is 42.5 Å². The Bertz CT molecular complexity index is 1090. The lowest BCUT2D eigenvalue weighted by Gasteiger charge is -2.59. The Morgan fingerprint density at radius 2 is 1.31 bits per heavy atom. The molecule has 1 aromatic rings. The maximum atomic E-state index is 13.1. The standard InChI is InChI=1S/C30H38O9/c1-28-13-14-29(24(31)35-2,25(32)36-3)16-21(28)12-11-20-15-30(26(33)37-4,27(34)38-5)17-22(23(20)28)39-18-19-9-7-6-8-10-19/h6-12,20-23H,13-18H2,1-5H3/t20-,21-,22-,23-,28-/m0/s1. The first-order chi connectivity index (χ1) is 18.6. The molecule has 9 nitrogen and oxygen atoms in total. The van der Waals surface area contributed by atoms with E-state index in [1.807, 2.05) is 42.5 Å². The number of benzene rings is 1. The molecular weight excluding hydrogens is 504 g/mol. The van der Waals surface area contributed by atoms with E-state index in [1.165, 1.54) is 28.4 Å². The molecule has 39 heavy (non-hydrogen) atoms. The average Bonchev–Trinajstić information content (AvgIpc) is 2.97. The highest BCUT2D eigenvalue weighted by atomic mass is 16.6. The molecule has 3 aliphatic carbocycles. The van der Waals surface area contributed by atoms with Crippen molar-refractivity contribution in [2.45, 2.75) is 51.7 Å². The van der Waals surface area contributed by atoms with Crippen molar-refractivity contribution >= 4 is 23.9 Å². The van der Waals surface area contributed by atoms with E-state index in [4.69, 9.17) is 23.7 Å². The van der Waals surface area contributed by atoms with Crippen LogP contribution >= 0.6 is 0 Å². The van der Waals surface area contributed by atoms with E-state index < -0.39 is 40.8 Å². The number of hydrogen-bond donors (Lipinski definition) is 0. The summed E-state index contributed by atoms with van der Waals surface area (Å²) in [6.45, 7) is 2.45. The van der Waals surface area contributed by atoms with Gasteiger partial charge in [0.2, 0.25) is 0 Å². The maximum Gasteiger partial charge on any atom is 0.323 e. The van der Waals surface area contributed by atoms with E-state index in [0.717, 1.165) is 5.56 Å². The molecule has 0 heterocycles. The maximum absolute atomic E-state index is 13.1. The summed E-state index contributed by atoms with van der Waals surface area (Å²) in [5.41, 5.74) is -2.31. The molecule has 0 saturated heterocycles. The molecule has 5 atom stereocenters. The summed E-state index contributed by atoms with van der Waals surface area (Å²) in [5.74, 6) is -2.90. The van der Waals surface area contributed by atoms with Gasteiger partial charge in [0, 0.05) is 6.42 Å². The largest absolute Gasteiger partial charge is 0.468 e. The van der Waals surface area contributed by atoms with Crippen LogP contribution in [0.25, 0.3) is 0 Å².